The van der Waals surface area contributed by atoms with E-state index in [1.807, 2.05) is 65.0 Å². The van der Waals surface area contributed by atoms with Crippen molar-refractivity contribution in [3.05, 3.63) is 71.3 Å². The van der Waals surface area contributed by atoms with E-state index in [0.29, 0.717) is 51.4 Å². The molecular weight excluding hydrogens is 540 g/mol. The van der Waals surface area contributed by atoms with E-state index in [1.165, 1.54) is 12.0 Å². The first-order valence-corrected chi connectivity index (χ1v) is 14.3. The van der Waals surface area contributed by atoms with E-state index in [1.54, 1.807) is 31.2 Å². The van der Waals surface area contributed by atoms with Crippen LogP contribution in [0.4, 0.5) is 5.69 Å². The molecule has 0 fully saturated rings. The molecule has 0 radical (unpaired) electrons. The zero-order valence-electron chi connectivity index (χ0n) is 25.7. The molecule has 4 rings (SSSR count). The summed E-state index contributed by atoms with van der Waals surface area (Å²) in [6.07, 6.45) is 2.51. The first kappa shape index (κ1) is 30.9. The molecule has 0 aliphatic carbocycles. The van der Waals surface area contributed by atoms with Crippen molar-refractivity contribution in [3.8, 4) is 40.5 Å². The molecule has 1 N–H and O–H groups in total. The number of anilines is 1. The van der Waals surface area contributed by atoms with Crippen LogP contribution in [0.25, 0.3) is 33.4 Å². The van der Waals surface area contributed by atoms with Crippen LogP contribution >= 0.6 is 0 Å². The van der Waals surface area contributed by atoms with Gasteiger partial charge < -0.3 is 14.5 Å². The molecule has 0 saturated heterocycles. The number of methoxy groups -OCH3 is 1. The quantitative estimate of drug-likeness (QED) is 0.117. The van der Waals surface area contributed by atoms with Gasteiger partial charge in [0.05, 0.1) is 30.0 Å². The number of nitrogens with one attached hydrogen (secondary N) is 1. The minimum Gasteiger partial charge on any atom is -0.496 e. The lowest BCUT2D eigenvalue weighted by Gasteiger charge is -2.27. The van der Waals surface area contributed by atoms with Crippen molar-refractivity contribution in [1.82, 2.24) is 5.32 Å². The molecule has 0 aliphatic heterocycles. The molecule has 43 heavy (non-hydrogen) atoms. The highest BCUT2D eigenvalue weighted by Crippen LogP contribution is 2.42. The number of nitrogens with zero attached hydrogens (tertiary/aromatic N) is 3. The van der Waals surface area contributed by atoms with Gasteiger partial charge in [-0.05, 0) is 50.5 Å². The molecule has 1 heterocycles. The molecular formula is C35H36N4O4. The summed E-state index contributed by atoms with van der Waals surface area (Å²) in [4.78, 5) is 28.4. The number of aryl methyl sites for hydroxylation is 1. The largest absolute Gasteiger partial charge is 0.496 e. The Kier molecular flexibility index (Phi) is 8.92. The number of amides is 1. The number of Topliss-reactive ketones (excluding diaryl/α,β-unsaturated/α-hetero) is 1. The maximum absolute atomic E-state index is 13.5. The first-order chi connectivity index (χ1) is 20.5. The number of carbonyl (C=O) groups excluding carboxylic acids is 2. The third-order valence-corrected chi connectivity index (χ3v) is 7.96. The molecule has 1 unspecified atom stereocenters. The average molecular weight is 577 g/mol. The second kappa shape index (κ2) is 12.4. The molecule has 8 nitrogen and oxygen atoms in total. The van der Waals surface area contributed by atoms with Crippen molar-refractivity contribution in [3.63, 3.8) is 0 Å². The van der Waals surface area contributed by atoms with Gasteiger partial charge in [0.2, 0.25) is 0 Å². The van der Waals surface area contributed by atoms with Gasteiger partial charge >= 0.3 is 0 Å². The van der Waals surface area contributed by atoms with Gasteiger partial charge in [0.25, 0.3) is 5.91 Å². The number of hydrogen-bond donors (Lipinski definition) is 1. The minimum atomic E-state index is -1.10. The Bertz CT molecular complexity index is 1770. The van der Waals surface area contributed by atoms with E-state index < -0.39 is 11.4 Å². The van der Waals surface area contributed by atoms with Crippen LogP contribution in [0, 0.1) is 35.6 Å². The zero-order valence-corrected chi connectivity index (χ0v) is 25.7. The lowest BCUT2D eigenvalue weighted by atomic mass is 9.89. The highest BCUT2D eigenvalue weighted by atomic mass is 16.5. The monoisotopic (exact) mass is 576 g/mol. The van der Waals surface area contributed by atoms with Crippen molar-refractivity contribution < 1.29 is 18.7 Å². The molecule has 220 valence electrons. The molecule has 0 aliphatic rings. The standard InChI is InChI=1S/C35H36N4O4/c1-8-29(40)32-26-17-25(24-14-15-30(42-7)27(16-24)34(41)38-35(6,19-36)21(3)4)28(39(9-2)20-37)18-31(26)43-33(32)23-12-10-22(5)11-13-23/h10-18,21H,8-9H2,1-7H3,(H,38,41). The van der Waals surface area contributed by atoms with Crippen LogP contribution in [0.2, 0.25) is 0 Å². The summed E-state index contributed by atoms with van der Waals surface area (Å²) in [6, 6.07) is 18.8. The Labute approximate surface area is 252 Å². The molecule has 0 spiro atoms. The SMILES string of the molecule is CCC(=O)c1c(-c2ccc(C)cc2)oc2cc(N(C#N)CC)c(-c3ccc(OC)c(C(=O)NC(C)(C#N)C(C)C)c3)cc12. The number of rotatable bonds is 10. The Balaban J connectivity index is 2.00. The molecule has 0 saturated carbocycles. The van der Waals surface area contributed by atoms with Crippen molar-refractivity contribution in [2.45, 2.75) is 53.5 Å². The van der Waals surface area contributed by atoms with E-state index >= 15 is 0 Å². The predicted octanol–water partition coefficient (Wildman–Crippen LogP) is 7.65. The lowest BCUT2D eigenvalue weighted by Crippen LogP contribution is -2.48. The van der Waals surface area contributed by atoms with Crippen LogP contribution in [-0.4, -0.2) is 30.9 Å². The lowest BCUT2D eigenvalue weighted by molar-refractivity contribution is 0.0904. The zero-order chi connectivity index (χ0) is 31.5. The number of benzene rings is 3. The number of fused-ring (bicyclic) bond motifs is 1. The number of hydrogen-bond acceptors (Lipinski definition) is 7. The summed E-state index contributed by atoms with van der Waals surface area (Å²) >= 11 is 0. The second-order valence-electron chi connectivity index (χ2n) is 11.0. The molecule has 1 aromatic heterocycles. The second-order valence-corrected chi connectivity index (χ2v) is 11.0. The van der Waals surface area contributed by atoms with Crippen LogP contribution < -0.4 is 15.0 Å². The molecule has 3 aromatic carbocycles. The van der Waals surface area contributed by atoms with Gasteiger partial charge in [0, 0.05) is 35.5 Å². The van der Waals surface area contributed by atoms with Gasteiger partial charge in [0.1, 0.15) is 22.6 Å². The maximum atomic E-state index is 13.5. The van der Waals surface area contributed by atoms with Crippen molar-refractivity contribution in [2.24, 2.45) is 5.92 Å². The van der Waals surface area contributed by atoms with Gasteiger partial charge in [-0.3, -0.25) is 14.5 Å². The fourth-order valence-corrected chi connectivity index (χ4v) is 4.90. The smallest absolute Gasteiger partial charge is 0.256 e. The van der Waals surface area contributed by atoms with Gasteiger partial charge in [0.15, 0.2) is 12.0 Å². The first-order valence-electron chi connectivity index (χ1n) is 14.3. The number of carbonyl (C=O) groups is 2. The molecule has 1 amide bonds. The third-order valence-electron chi connectivity index (χ3n) is 7.96. The van der Waals surface area contributed by atoms with E-state index in [2.05, 4.69) is 17.6 Å². The summed E-state index contributed by atoms with van der Waals surface area (Å²) in [5, 5.41) is 23.3. The Hall–Kier alpha value is -5.08. The fraction of sp³-hybridized carbons (Fsp3) is 0.314. The topological polar surface area (TPSA) is 119 Å². The normalized spacial score (nSPS) is 12.3. The van der Waals surface area contributed by atoms with E-state index in [-0.39, 0.29) is 23.7 Å². The third kappa shape index (κ3) is 5.82. The molecule has 0 bridgehead atoms. The van der Waals surface area contributed by atoms with Crippen LogP contribution in [0.5, 0.6) is 5.75 Å². The van der Waals surface area contributed by atoms with Crippen LogP contribution in [0.3, 0.4) is 0 Å². The average Bonchev–Trinajstić information content (AvgIpc) is 3.39. The van der Waals surface area contributed by atoms with Crippen LogP contribution in [-0.2, 0) is 0 Å². The van der Waals surface area contributed by atoms with Crippen molar-refractivity contribution >= 4 is 28.3 Å². The summed E-state index contributed by atoms with van der Waals surface area (Å²) in [6.45, 7) is 11.5. The molecule has 1 atom stereocenters. The summed E-state index contributed by atoms with van der Waals surface area (Å²) in [5.74, 6) is 0.145. The van der Waals surface area contributed by atoms with Gasteiger partial charge in [-0.2, -0.15) is 10.5 Å². The fourth-order valence-electron chi connectivity index (χ4n) is 4.90. The van der Waals surface area contributed by atoms with Crippen molar-refractivity contribution in [2.75, 3.05) is 18.6 Å². The predicted molar refractivity (Wildman–Crippen MR) is 168 cm³/mol. The van der Waals surface area contributed by atoms with E-state index in [4.69, 9.17) is 9.15 Å². The Morgan fingerprint density at radius 1 is 1.05 bits per heavy atom. The maximum Gasteiger partial charge on any atom is 0.256 e. The van der Waals surface area contributed by atoms with Crippen LogP contribution in [0.15, 0.2) is 59.0 Å². The van der Waals surface area contributed by atoms with E-state index in [9.17, 15) is 20.1 Å². The Morgan fingerprint density at radius 2 is 1.72 bits per heavy atom. The number of furan rings is 1. The van der Waals surface area contributed by atoms with Gasteiger partial charge in [-0.15, -0.1) is 0 Å². The van der Waals surface area contributed by atoms with Gasteiger partial charge in [-0.1, -0.05) is 56.7 Å². The highest BCUT2D eigenvalue weighted by Gasteiger charge is 2.32. The highest BCUT2D eigenvalue weighted by molar-refractivity contribution is 6.14. The van der Waals surface area contributed by atoms with Gasteiger partial charge in [-0.25, -0.2) is 0 Å². The van der Waals surface area contributed by atoms with Crippen LogP contribution in [0.1, 0.15) is 67.3 Å². The molecule has 4 aromatic rings. The summed E-state index contributed by atoms with van der Waals surface area (Å²) in [5.41, 5.74) is 3.81. The summed E-state index contributed by atoms with van der Waals surface area (Å²) < 4.78 is 11.9. The molecule has 8 heteroatoms. The number of ketones is 1. The number of ether oxygens (including phenoxy) is 1. The number of nitriles is 2. The van der Waals surface area contributed by atoms with E-state index in [0.717, 1.165) is 11.1 Å². The van der Waals surface area contributed by atoms with Crippen molar-refractivity contribution in [1.29, 1.82) is 10.5 Å². The summed E-state index contributed by atoms with van der Waals surface area (Å²) in [7, 11) is 1.48. The Morgan fingerprint density at radius 3 is 2.28 bits per heavy atom. The minimum absolute atomic E-state index is 0.0695.